The van der Waals surface area contributed by atoms with Crippen LogP contribution >= 0.6 is 0 Å². The lowest BCUT2D eigenvalue weighted by molar-refractivity contribution is -0.176. The largest absolute Gasteiger partial charge is 0.544 e. The van der Waals surface area contributed by atoms with Gasteiger partial charge in [0.1, 0.15) is 6.61 Å². The fourth-order valence-electron chi connectivity index (χ4n) is 0.975. The summed E-state index contributed by atoms with van der Waals surface area (Å²) in [7, 11) is 0. The van der Waals surface area contributed by atoms with Crippen LogP contribution < -0.4 is 0 Å². The molecule has 0 saturated carbocycles. The van der Waals surface area contributed by atoms with Crippen molar-refractivity contribution in [3.05, 3.63) is 12.7 Å². The molecule has 0 aromatic rings. The molecule has 0 aromatic carbocycles. The first-order valence-electron chi connectivity index (χ1n) is 4.58. The zero-order valence-electron chi connectivity index (χ0n) is 8.71. The second-order valence-corrected chi connectivity index (χ2v) is 2.87. The van der Waals surface area contributed by atoms with Crippen molar-refractivity contribution < 1.29 is 33.5 Å². The third-order valence-corrected chi connectivity index (χ3v) is 1.66. The SMILES string of the molecule is C=CCOC(=O)OC(=O)ON1C(=O)CCC1=O. The molecular formula is C9H9NO7. The molecule has 2 amide bonds. The standard InChI is InChI=1S/C9H9NO7/c1-2-5-15-8(13)16-9(14)17-10-6(11)3-4-7(10)12/h2H,1,3-5H2. The van der Waals surface area contributed by atoms with E-state index in [2.05, 4.69) is 20.9 Å². The maximum absolute atomic E-state index is 11.0. The lowest BCUT2D eigenvalue weighted by Gasteiger charge is -2.11. The molecule has 0 radical (unpaired) electrons. The van der Waals surface area contributed by atoms with Gasteiger partial charge < -0.3 is 9.47 Å². The zero-order valence-corrected chi connectivity index (χ0v) is 8.71. The Bertz CT molecular complexity index is 360. The summed E-state index contributed by atoms with van der Waals surface area (Å²) in [5.41, 5.74) is 0. The van der Waals surface area contributed by atoms with Crippen LogP contribution in [0.1, 0.15) is 12.8 Å². The normalized spacial score (nSPS) is 14.5. The predicted octanol–water partition coefficient (Wildman–Crippen LogP) is 0.526. The van der Waals surface area contributed by atoms with Crippen molar-refractivity contribution in [2.75, 3.05) is 6.61 Å². The fourth-order valence-corrected chi connectivity index (χ4v) is 0.975. The van der Waals surface area contributed by atoms with E-state index in [1.54, 1.807) is 0 Å². The van der Waals surface area contributed by atoms with E-state index in [0.717, 1.165) is 0 Å². The second-order valence-electron chi connectivity index (χ2n) is 2.87. The predicted molar refractivity (Wildman–Crippen MR) is 50.2 cm³/mol. The molecule has 0 N–H and O–H groups in total. The summed E-state index contributed by atoms with van der Waals surface area (Å²) in [5.74, 6) is -1.35. The number of rotatable bonds is 3. The van der Waals surface area contributed by atoms with Crippen LogP contribution in [0.25, 0.3) is 0 Å². The van der Waals surface area contributed by atoms with Gasteiger partial charge in [0.15, 0.2) is 0 Å². The van der Waals surface area contributed by atoms with Gasteiger partial charge >= 0.3 is 12.3 Å². The Morgan fingerprint density at radius 3 is 2.35 bits per heavy atom. The molecule has 1 heterocycles. The molecule has 0 aromatic heterocycles. The Balaban J connectivity index is 2.39. The number of hydrogen-bond acceptors (Lipinski definition) is 7. The van der Waals surface area contributed by atoms with E-state index in [0.29, 0.717) is 0 Å². The Kier molecular flexibility index (Phi) is 4.21. The molecule has 0 bridgehead atoms. The molecule has 0 aliphatic carbocycles. The summed E-state index contributed by atoms with van der Waals surface area (Å²) >= 11 is 0. The minimum absolute atomic E-state index is 0.0486. The zero-order chi connectivity index (χ0) is 12.8. The van der Waals surface area contributed by atoms with Gasteiger partial charge in [-0.3, -0.25) is 14.4 Å². The number of hydrogen-bond donors (Lipinski definition) is 0. The number of hydroxylamine groups is 2. The first-order chi connectivity index (χ1) is 8.04. The number of amides is 2. The van der Waals surface area contributed by atoms with Crippen molar-refractivity contribution in [2.24, 2.45) is 0 Å². The van der Waals surface area contributed by atoms with Crippen LogP contribution in [0.15, 0.2) is 12.7 Å². The molecule has 8 nitrogen and oxygen atoms in total. The van der Waals surface area contributed by atoms with Crippen molar-refractivity contribution >= 4 is 24.1 Å². The lowest BCUT2D eigenvalue weighted by Crippen LogP contribution is -2.33. The van der Waals surface area contributed by atoms with Crippen molar-refractivity contribution in [1.82, 2.24) is 5.06 Å². The summed E-state index contributed by atoms with van der Waals surface area (Å²) in [4.78, 5) is 48.0. The number of carbonyl (C=O) groups excluding carboxylic acids is 4. The fraction of sp³-hybridized carbons (Fsp3) is 0.333. The van der Waals surface area contributed by atoms with Gasteiger partial charge in [0.05, 0.1) is 0 Å². The van der Waals surface area contributed by atoms with Crippen LogP contribution in [0.4, 0.5) is 9.59 Å². The molecule has 1 aliphatic rings. The van der Waals surface area contributed by atoms with Crippen LogP contribution in [-0.2, 0) is 23.9 Å². The molecule has 0 unspecified atom stereocenters. The quantitative estimate of drug-likeness (QED) is 0.308. The third-order valence-electron chi connectivity index (χ3n) is 1.66. The minimum Gasteiger partial charge on any atom is -0.430 e. The molecule has 8 heteroatoms. The van der Waals surface area contributed by atoms with E-state index in [1.807, 2.05) is 0 Å². The smallest absolute Gasteiger partial charge is 0.430 e. The Morgan fingerprint density at radius 2 is 1.82 bits per heavy atom. The topological polar surface area (TPSA) is 99.2 Å². The highest BCUT2D eigenvalue weighted by Crippen LogP contribution is 2.12. The molecule has 1 rings (SSSR count). The van der Waals surface area contributed by atoms with Crippen molar-refractivity contribution in [3.63, 3.8) is 0 Å². The number of imide groups is 1. The summed E-state index contributed by atoms with van der Waals surface area (Å²) < 4.78 is 8.31. The molecule has 17 heavy (non-hydrogen) atoms. The van der Waals surface area contributed by atoms with Crippen LogP contribution in [-0.4, -0.2) is 35.8 Å². The van der Waals surface area contributed by atoms with Crippen LogP contribution in [0.2, 0.25) is 0 Å². The van der Waals surface area contributed by atoms with Gasteiger partial charge in [-0.1, -0.05) is 17.7 Å². The summed E-state index contributed by atoms with van der Waals surface area (Å²) in [6.45, 7) is 3.12. The number of ether oxygens (including phenoxy) is 2. The molecule has 0 atom stereocenters. The van der Waals surface area contributed by atoms with E-state index in [1.165, 1.54) is 6.08 Å². The molecule has 1 saturated heterocycles. The second kappa shape index (κ2) is 5.64. The summed E-state index contributed by atoms with van der Waals surface area (Å²) in [6, 6.07) is 0. The average molecular weight is 243 g/mol. The van der Waals surface area contributed by atoms with Crippen LogP contribution in [0, 0.1) is 0 Å². The van der Waals surface area contributed by atoms with Crippen molar-refractivity contribution in [2.45, 2.75) is 12.8 Å². The first-order valence-corrected chi connectivity index (χ1v) is 4.58. The highest BCUT2D eigenvalue weighted by Gasteiger charge is 2.34. The van der Waals surface area contributed by atoms with Gasteiger partial charge in [0.25, 0.3) is 11.8 Å². The molecule has 1 fully saturated rings. The summed E-state index contributed by atoms with van der Waals surface area (Å²) in [6.07, 6.45) is -1.66. The molecule has 0 spiro atoms. The van der Waals surface area contributed by atoms with Gasteiger partial charge in [-0.15, -0.1) is 0 Å². The van der Waals surface area contributed by atoms with Crippen LogP contribution in [0.5, 0.6) is 0 Å². The average Bonchev–Trinajstić information content (AvgIpc) is 2.58. The monoisotopic (exact) mass is 243 g/mol. The summed E-state index contributed by atoms with van der Waals surface area (Å²) in [5, 5.41) is 0.253. The number of carbonyl (C=O) groups is 4. The van der Waals surface area contributed by atoms with E-state index in [9.17, 15) is 19.2 Å². The van der Waals surface area contributed by atoms with Gasteiger partial charge in [0, 0.05) is 12.8 Å². The number of nitrogens with zero attached hydrogens (tertiary/aromatic N) is 1. The van der Waals surface area contributed by atoms with Crippen molar-refractivity contribution in [3.8, 4) is 0 Å². The molecular weight excluding hydrogens is 234 g/mol. The van der Waals surface area contributed by atoms with Crippen LogP contribution in [0.3, 0.4) is 0 Å². The van der Waals surface area contributed by atoms with E-state index >= 15 is 0 Å². The maximum Gasteiger partial charge on any atom is 0.544 e. The Hall–Kier alpha value is -2.38. The van der Waals surface area contributed by atoms with Gasteiger partial charge in [-0.2, -0.15) is 0 Å². The van der Waals surface area contributed by atoms with Gasteiger partial charge in [-0.05, 0) is 0 Å². The minimum atomic E-state index is -1.51. The van der Waals surface area contributed by atoms with E-state index in [-0.39, 0.29) is 24.5 Å². The van der Waals surface area contributed by atoms with Gasteiger partial charge in [-0.25, -0.2) is 9.59 Å². The van der Waals surface area contributed by atoms with Gasteiger partial charge in [0.2, 0.25) is 0 Å². The molecule has 92 valence electrons. The van der Waals surface area contributed by atoms with E-state index < -0.39 is 24.1 Å². The molecule has 1 aliphatic heterocycles. The lowest BCUT2D eigenvalue weighted by atomic mass is 10.4. The first kappa shape index (κ1) is 12.7. The Labute approximate surface area is 95.7 Å². The van der Waals surface area contributed by atoms with Crippen molar-refractivity contribution in [1.29, 1.82) is 0 Å². The highest BCUT2D eigenvalue weighted by molar-refractivity contribution is 6.01. The van der Waals surface area contributed by atoms with E-state index in [4.69, 9.17) is 0 Å². The Morgan fingerprint density at radius 1 is 1.24 bits per heavy atom. The highest BCUT2D eigenvalue weighted by atomic mass is 16.9. The third kappa shape index (κ3) is 3.59. The maximum atomic E-state index is 11.0.